The lowest BCUT2D eigenvalue weighted by molar-refractivity contribution is 0.326. The van der Waals surface area contributed by atoms with Crippen LogP contribution in [0.1, 0.15) is 41.0 Å². The molecule has 1 heterocycles. The Kier molecular flexibility index (Phi) is 3.72. The Labute approximate surface area is 126 Å². The van der Waals surface area contributed by atoms with E-state index >= 15 is 0 Å². The average Bonchev–Trinajstić information content (AvgIpc) is 2.85. The zero-order valence-corrected chi connectivity index (χ0v) is 13.2. The number of ether oxygens (including phenoxy) is 1. The number of aromatic nitrogens is 2. The van der Waals surface area contributed by atoms with Crippen LogP contribution in [0.5, 0.6) is 5.75 Å². The van der Waals surface area contributed by atoms with E-state index in [0.717, 1.165) is 24.3 Å². The highest BCUT2D eigenvalue weighted by Crippen LogP contribution is 2.39. The molecule has 0 aliphatic heterocycles. The van der Waals surface area contributed by atoms with Crippen molar-refractivity contribution in [3.8, 4) is 5.75 Å². The molecule has 1 N–H and O–H groups in total. The molecule has 1 aromatic heterocycles. The summed E-state index contributed by atoms with van der Waals surface area (Å²) in [5.74, 6) is 0.924. The second kappa shape index (κ2) is 5.53. The first-order chi connectivity index (χ1) is 10.2. The number of fused-ring (bicyclic) bond motifs is 1. The number of methoxy groups -OCH3 is 1. The minimum absolute atomic E-state index is 0.288. The van der Waals surface area contributed by atoms with Gasteiger partial charge in [-0.05, 0) is 57.0 Å². The molecule has 1 aromatic carbocycles. The first-order valence-electron chi connectivity index (χ1n) is 7.49. The van der Waals surface area contributed by atoms with Crippen molar-refractivity contribution >= 4 is 0 Å². The summed E-state index contributed by atoms with van der Waals surface area (Å²) in [6.45, 7) is 4.22. The van der Waals surface area contributed by atoms with Crippen LogP contribution >= 0.6 is 0 Å². The first-order valence-corrected chi connectivity index (χ1v) is 7.49. The van der Waals surface area contributed by atoms with Gasteiger partial charge in [0.25, 0.3) is 0 Å². The summed E-state index contributed by atoms with van der Waals surface area (Å²) in [5, 5.41) is 3.49. The Morgan fingerprint density at radius 2 is 2.14 bits per heavy atom. The maximum atomic E-state index is 5.39. The third-order valence-corrected chi connectivity index (χ3v) is 4.74. The molecule has 1 aliphatic carbocycles. The van der Waals surface area contributed by atoms with Gasteiger partial charge in [0.15, 0.2) is 0 Å². The van der Waals surface area contributed by atoms with Crippen LogP contribution in [0.3, 0.4) is 0 Å². The number of likely N-dealkylation sites (N-methyl/N-ethyl adjacent to an activating group) is 1. The van der Waals surface area contributed by atoms with E-state index in [1.54, 1.807) is 7.11 Å². The lowest BCUT2D eigenvalue weighted by atomic mass is 9.83. The monoisotopic (exact) mass is 285 g/mol. The quantitative estimate of drug-likeness (QED) is 0.942. The van der Waals surface area contributed by atoms with E-state index in [2.05, 4.69) is 46.9 Å². The van der Waals surface area contributed by atoms with Crippen LogP contribution < -0.4 is 10.1 Å². The molecule has 0 bridgehead atoms. The summed E-state index contributed by atoms with van der Waals surface area (Å²) < 4.78 is 7.71. The van der Waals surface area contributed by atoms with Crippen molar-refractivity contribution < 1.29 is 4.74 Å². The van der Waals surface area contributed by atoms with Crippen molar-refractivity contribution in [2.24, 2.45) is 0 Å². The minimum Gasteiger partial charge on any atom is -0.497 e. The molecule has 4 nitrogen and oxygen atoms in total. The number of aryl methyl sites for hydroxylation is 2. The number of nitrogens with one attached hydrogen (secondary N) is 1. The zero-order valence-electron chi connectivity index (χ0n) is 13.2. The van der Waals surface area contributed by atoms with Gasteiger partial charge < -0.3 is 14.6 Å². The summed E-state index contributed by atoms with van der Waals surface area (Å²) in [6.07, 6.45) is 4.20. The maximum absolute atomic E-state index is 5.39. The van der Waals surface area contributed by atoms with Gasteiger partial charge in [-0.3, -0.25) is 0 Å². The van der Waals surface area contributed by atoms with E-state index in [1.165, 1.54) is 16.8 Å². The molecule has 0 spiro atoms. The van der Waals surface area contributed by atoms with Gasteiger partial charge in [-0.15, -0.1) is 0 Å². The Hall–Kier alpha value is -1.81. The molecule has 1 aliphatic rings. The van der Waals surface area contributed by atoms with Crippen molar-refractivity contribution in [1.29, 1.82) is 0 Å². The maximum Gasteiger partial charge on any atom is 0.119 e. The fraction of sp³-hybridized carbons (Fsp3) is 0.471. The van der Waals surface area contributed by atoms with Gasteiger partial charge in [-0.1, -0.05) is 6.07 Å². The van der Waals surface area contributed by atoms with Crippen LogP contribution in [0.2, 0.25) is 0 Å². The minimum atomic E-state index is 0.288. The Morgan fingerprint density at radius 1 is 1.33 bits per heavy atom. The fourth-order valence-electron chi connectivity index (χ4n) is 3.39. The number of imidazole rings is 1. The van der Waals surface area contributed by atoms with Crippen LogP contribution in [0.15, 0.2) is 24.5 Å². The number of hydrogen-bond acceptors (Lipinski definition) is 3. The van der Waals surface area contributed by atoms with E-state index in [-0.39, 0.29) is 6.04 Å². The largest absolute Gasteiger partial charge is 0.497 e. The van der Waals surface area contributed by atoms with Gasteiger partial charge in [0.1, 0.15) is 5.75 Å². The normalized spacial score (nSPS) is 21.1. The number of benzene rings is 1. The molecule has 3 rings (SSSR count). The fourth-order valence-corrected chi connectivity index (χ4v) is 3.39. The van der Waals surface area contributed by atoms with Crippen LogP contribution in [-0.4, -0.2) is 23.7 Å². The second-order valence-electron chi connectivity index (χ2n) is 5.76. The van der Waals surface area contributed by atoms with E-state index in [0.29, 0.717) is 6.04 Å². The van der Waals surface area contributed by atoms with Crippen molar-refractivity contribution in [1.82, 2.24) is 14.9 Å². The van der Waals surface area contributed by atoms with Crippen molar-refractivity contribution in [3.05, 3.63) is 47.0 Å². The molecule has 0 saturated heterocycles. The van der Waals surface area contributed by atoms with Crippen molar-refractivity contribution in [2.45, 2.75) is 38.8 Å². The van der Waals surface area contributed by atoms with Gasteiger partial charge in [-0.2, -0.15) is 0 Å². The van der Waals surface area contributed by atoms with Gasteiger partial charge >= 0.3 is 0 Å². The molecule has 4 heteroatoms. The van der Waals surface area contributed by atoms with Crippen molar-refractivity contribution in [2.75, 3.05) is 14.2 Å². The topological polar surface area (TPSA) is 39.1 Å². The van der Waals surface area contributed by atoms with Crippen LogP contribution in [0.25, 0.3) is 0 Å². The highest BCUT2D eigenvalue weighted by molar-refractivity contribution is 5.40. The molecule has 2 atom stereocenters. The van der Waals surface area contributed by atoms with Crippen LogP contribution in [-0.2, 0) is 6.42 Å². The van der Waals surface area contributed by atoms with Gasteiger partial charge in [0, 0.05) is 5.69 Å². The number of hydrogen-bond donors (Lipinski definition) is 1. The highest BCUT2D eigenvalue weighted by atomic mass is 16.5. The summed E-state index contributed by atoms with van der Waals surface area (Å²) in [7, 11) is 3.76. The average molecular weight is 285 g/mol. The molecule has 0 saturated carbocycles. The molecule has 0 radical (unpaired) electrons. The van der Waals surface area contributed by atoms with Crippen molar-refractivity contribution in [3.63, 3.8) is 0 Å². The molecule has 0 amide bonds. The molecule has 112 valence electrons. The zero-order chi connectivity index (χ0) is 15.0. The molecular formula is C17H23N3O. The summed E-state index contributed by atoms with van der Waals surface area (Å²) in [4.78, 5) is 4.46. The molecule has 2 aromatic rings. The Balaban J connectivity index is 2.03. The van der Waals surface area contributed by atoms with Gasteiger partial charge in [0.2, 0.25) is 0 Å². The third kappa shape index (κ3) is 2.33. The molecule has 21 heavy (non-hydrogen) atoms. The van der Waals surface area contributed by atoms with Gasteiger partial charge in [0.05, 0.1) is 31.2 Å². The lowest BCUT2D eigenvalue weighted by Gasteiger charge is -2.35. The second-order valence-corrected chi connectivity index (χ2v) is 5.76. The smallest absolute Gasteiger partial charge is 0.119 e. The molecule has 0 fully saturated rings. The highest BCUT2D eigenvalue weighted by Gasteiger charge is 2.30. The van der Waals surface area contributed by atoms with E-state index in [9.17, 15) is 0 Å². The van der Waals surface area contributed by atoms with Gasteiger partial charge in [-0.25, -0.2) is 4.98 Å². The van der Waals surface area contributed by atoms with E-state index in [1.807, 2.05) is 13.4 Å². The predicted octanol–water partition coefficient (Wildman–Crippen LogP) is 2.96. The van der Waals surface area contributed by atoms with Crippen LogP contribution in [0.4, 0.5) is 0 Å². The Bertz CT molecular complexity index is 647. The first kappa shape index (κ1) is 14.1. The summed E-state index contributed by atoms with van der Waals surface area (Å²) in [5.41, 5.74) is 5.13. The third-order valence-electron chi connectivity index (χ3n) is 4.74. The van der Waals surface area contributed by atoms with Crippen LogP contribution in [0, 0.1) is 13.8 Å². The van der Waals surface area contributed by atoms with E-state index < -0.39 is 0 Å². The number of nitrogens with zero attached hydrogens (tertiary/aromatic N) is 2. The lowest BCUT2D eigenvalue weighted by Crippen LogP contribution is -2.32. The molecule has 2 unspecified atom stereocenters. The summed E-state index contributed by atoms with van der Waals surface area (Å²) >= 11 is 0. The van der Waals surface area contributed by atoms with E-state index in [4.69, 9.17) is 4.74 Å². The Morgan fingerprint density at radius 3 is 2.76 bits per heavy atom. The molecular weight excluding hydrogens is 262 g/mol. The summed E-state index contributed by atoms with van der Waals surface area (Å²) in [6, 6.07) is 7.10. The SMILES string of the molecule is CNC1c2cc(OC)ccc2CCC1n1cnc(C)c1C. The standard InChI is InChI=1S/C17H23N3O/c1-11-12(2)20(10-19-11)16-8-6-13-5-7-14(21-4)9-15(13)17(16)18-3/h5,7,9-10,16-18H,6,8H2,1-4H3. The predicted molar refractivity (Wildman–Crippen MR) is 83.9 cm³/mol. The number of rotatable bonds is 3.